The number of non-ortho nitro benzene ring substituents is 3. The number of nitrogens with one attached hydrogen (secondary N) is 1. The Balaban J connectivity index is 0.000000395. The Labute approximate surface area is 737 Å². The summed E-state index contributed by atoms with van der Waals surface area (Å²) in [6, 6.07) is 49.1. The number of esters is 1. The van der Waals surface area contributed by atoms with E-state index in [9.17, 15) is 39.9 Å². The molecule has 0 spiro atoms. The van der Waals surface area contributed by atoms with Gasteiger partial charge in [-0.25, -0.2) is 19.7 Å². The zero-order valence-corrected chi connectivity index (χ0v) is 67.7. The Morgan fingerprint density at radius 1 is 0.512 bits per heavy atom. The SMILES string of the molecule is C.C.C.C.C.C.CC(N)=S.CC1=NN=C(c2ccc(N)cc2)C1.CC1=NN=C(c2ccc(Nc3cc(-c4ccc5cnn(C)c5c4)nc(N4CCOCC4)n3)cc2)C1.CC1=NN=C(c2ccc([N+](=O)[O-])cc2)C1.CCOC(=O)c1ccc([N+](=O)[O-])cc1.Cn1ncc2ccc(-c3cc(Cl)nc(N4CCOCC4)n3)cc21.NCC(=O)c1ccc([N+](=O)[O-])cc1.NN. The number of hydrogen-bond acceptors (Lipinski definition) is 31. The van der Waals surface area contributed by atoms with Crippen molar-refractivity contribution in [2.24, 2.45) is 67.9 Å². The molecule has 0 saturated carbocycles. The Kier molecular flexibility index (Phi) is 43.7. The number of ether oxygens (including phenoxy) is 3. The van der Waals surface area contributed by atoms with Crippen LogP contribution in [0.3, 0.4) is 0 Å². The number of benzene rings is 7. The van der Waals surface area contributed by atoms with Gasteiger partial charge in [-0.15, -0.1) is 0 Å². The number of nitro benzene ring substituents is 3. The standard InChI is InChI=1S/C26H26N8O.C16H16ClN5O.C10H9N3O2.C10H11N3.C9H9NO4.C8H8N2O3.C2H5NS.6CH4.H4N2/c1-17-13-23(32-31-17)18-5-7-21(8-6-18)28-25-15-22(29-26(30-25)34-9-11-35-12-10-34)19-3-4-20-16-27-33(2)24(20)14-19;1-21-14-8-11(2-3-12(14)10-18-21)13-9-15(17)20-16(19-13)22-4-6-23-7-5-22;1-7-6-10(12-11-7)8-2-4-9(5-3-8)13(14)15;1-7-6-10(13-12-7)8-2-4-9(11)5-3-8;1-2-14-9(11)7-3-5-8(6-4-7)10(12)13;9-5-8(11)6-1-3-7(4-2-6)10(12)13;1-2(3)4;;;;;;;1-2/h3-8,14-16H,9-13H2,1-2H3,(H,28,29,30);2-3,8-10H,4-7H2,1H3;2-5H,6H2,1H3;2-5H,6,11H2,1H3;3-6H,2H2,1H3;1-4H,5,9H2;1H3,(H2,3,4);6*1H4;1-2H2. The van der Waals surface area contributed by atoms with Gasteiger partial charge in [0.1, 0.15) is 11.0 Å². The van der Waals surface area contributed by atoms with Crippen LogP contribution < -0.4 is 44.0 Å². The number of fused-ring (bicyclic) bond motifs is 2. The third-order valence-corrected chi connectivity index (χ3v) is 17.9. The van der Waals surface area contributed by atoms with Crippen molar-refractivity contribution in [3.63, 3.8) is 0 Å². The van der Waals surface area contributed by atoms with Crippen LogP contribution in [0.5, 0.6) is 0 Å². The van der Waals surface area contributed by atoms with Gasteiger partial charge < -0.3 is 46.5 Å². The number of thiocarbonyl (C=S) groups is 1. The molecule has 5 aliphatic heterocycles. The molecule has 2 saturated heterocycles. The zero-order valence-electron chi connectivity index (χ0n) is 66.2. The number of Topliss-reactive ketones (excluding diaryl/α,β-unsaturated/α-hetero) is 1. The van der Waals surface area contributed by atoms with Crippen LogP contribution in [0.4, 0.5) is 46.2 Å². The van der Waals surface area contributed by atoms with Crippen LogP contribution >= 0.6 is 23.8 Å². The summed E-state index contributed by atoms with van der Waals surface area (Å²) in [6.45, 7) is 15.3. The second-order valence-corrected chi connectivity index (χ2v) is 27.5. The maximum atomic E-state index is 11.1. The summed E-state index contributed by atoms with van der Waals surface area (Å²) < 4.78 is 19.4. The van der Waals surface area contributed by atoms with Crippen molar-refractivity contribution < 1.29 is 38.6 Å². The Bertz CT molecular complexity index is 5600. The van der Waals surface area contributed by atoms with E-state index in [0.29, 0.717) is 59.6 Å². The molecule has 11 aromatic rings. The number of nitrogen functional groups attached to an aromatic ring is 1. The molecule has 0 aliphatic carbocycles. The number of rotatable bonds is 16. The molecule has 36 nitrogen and oxygen atoms in total. The topological polar surface area (TPSA) is 501 Å². The van der Waals surface area contributed by atoms with Crippen LogP contribution in [0, 0.1) is 30.3 Å². The number of aromatic nitrogens is 8. The molecular weight excluding hydrogens is 1640 g/mol. The molecule has 7 aromatic carbocycles. The normalized spacial score (nSPS) is 13.0. The van der Waals surface area contributed by atoms with Gasteiger partial charge in [0, 0.05) is 164 Å². The predicted octanol–water partition coefficient (Wildman–Crippen LogP) is 16.1. The predicted molar refractivity (Wildman–Crippen MR) is 508 cm³/mol. The average Bonchev–Trinajstić information content (AvgIpc) is 1.77. The number of hydrogen-bond donors (Lipinski definition) is 6. The molecule has 664 valence electrons. The monoisotopic (exact) mass is 1750 g/mol. The molecule has 0 bridgehead atoms. The lowest BCUT2D eigenvalue weighted by Crippen LogP contribution is -2.37. The number of aryl methyl sites for hydroxylation is 2. The quantitative estimate of drug-likeness (QED) is 0.00764. The zero-order chi connectivity index (χ0) is 85.7. The highest BCUT2D eigenvalue weighted by Crippen LogP contribution is 2.31. The van der Waals surface area contributed by atoms with Crippen LogP contribution in [0.15, 0.2) is 213 Å². The number of ketones is 1. The first-order chi connectivity index (χ1) is 57.3. The highest BCUT2D eigenvalue weighted by molar-refractivity contribution is 7.80. The molecule has 16 rings (SSSR count). The second-order valence-electron chi connectivity index (χ2n) is 26.5. The Morgan fingerprint density at radius 2 is 0.864 bits per heavy atom. The fourth-order valence-corrected chi connectivity index (χ4v) is 11.8. The largest absolute Gasteiger partial charge is 0.462 e. The number of nitro groups is 3. The fourth-order valence-electron chi connectivity index (χ4n) is 11.6. The summed E-state index contributed by atoms with van der Waals surface area (Å²) in [5.74, 6) is 9.40. The minimum Gasteiger partial charge on any atom is -0.462 e. The molecule has 5 aliphatic rings. The maximum Gasteiger partial charge on any atom is 0.338 e. The number of hydrazine groups is 1. The van der Waals surface area contributed by atoms with Crippen LogP contribution in [0.25, 0.3) is 44.3 Å². The van der Waals surface area contributed by atoms with Gasteiger partial charge in [-0.1, -0.05) is 117 Å². The van der Waals surface area contributed by atoms with Crippen LogP contribution in [-0.4, -0.2) is 171 Å². The summed E-state index contributed by atoms with van der Waals surface area (Å²) in [5, 5.41) is 70.2. The molecule has 2 fully saturated rings. The summed E-state index contributed by atoms with van der Waals surface area (Å²) in [4.78, 5) is 75.3. The molecule has 0 atom stereocenters. The number of carbonyl (C=O) groups is 2. The highest BCUT2D eigenvalue weighted by Gasteiger charge is 2.22. The van der Waals surface area contributed by atoms with Crippen molar-refractivity contribution in [3.8, 4) is 22.5 Å². The number of morpholine rings is 2. The highest BCUT2D eigenvalue weighted by atomic mass is 35.5. The first-order valence-corrected chi connectivity index (χ1v) is 37.8. The molecule has 9 heterocycles. The number of carbonyl (C=O) groups excluding carboxylic acids is 2. The van der Waals surface area contributed by atoms with Crippen molar-refractivity contribution in [3.05, 3.63) is 246 Å². The minimum atomic E-state index is -0.519. The molecule has 125 heavy (non-hydrogen) atoms. The second kappa shape index (κ2) is 51.8. The molecule has 4 aromatic heterocycles. The number of halogens is 1. The van der Waals surface area contributed by atoms with Gasteiger partial charge in [0.25, 0.3) is 17.1 Å². The lowest BCUT2D eigenvalue weighted by molar-refractivity contribution is -0.385. The minimum absolute atomic E-state index is 0. The molecule has 38 heteroatoms. The van der Waals surface area contributed by atoms with Crippen molar-refractivity contribution in [1.29, 1.82) is 0 Å². The van der Waals surface area contributed by atoms with E-state index < -0.39 is 20.7 Å². The van der Waals surface area contributed by atoms with Crippen LogP contribution in [0.1, 0.15) is 136 Å². The molecule has 0 amide bonds. The van der Waals surface area contributed by atoms with Gasteiger partial charge >= 0.3 is 5.97 Å². The number of nitrogens with two attached hydrogens (primary N) is 5. The van der Waals surface area contributed by atoms with E-state index >= 15 is 0 Å². The third-order valence-electron chi connectivity index (χ3n) is 17.7. The Hall–Kier alpha value is -13.8. The first kappa shape index (κ1) is 105. The molecule has 11 N–H and O–H groups in total. The van der Waals surface area contributed by atoms with E-state index in [2.05, 4.69) is 121 Å². The first-order valence-electron chi connectivity index (χ1n) is 37.0. The summed E-state index contributed by atoms with van der Waals surface area (Å²) in [5.41, 5.74) is 32.8. The van der Waals surface area contributed by atoms with Gasteiger partial charge in [0.05, 0.1) is 117 Å². The van der Waals surface area contributed by atoms with Crippen molar-refractivity contribution in [1.82, 2.24) is 39.5 Å². The van der Waals surface area contributed by atoms with E-state index in [1.165, 1.54) is 60.7 Å². The summed E-state index contributed by atoms with van der Waals surface area (Å²) in [7, 11) is 3.88. The van der Waals surface area contributed by atoms with Crippen molar-refractivity contribution in [2.45, 2.75) is 98.4 Å². The van der Waals surface area contributed by atoms with E-state index in [1.807, 2.05) is 111 Å². The lowest BCUT2D eigenvalue weighted by atomic mass is 10.1. The number of anilines is 5. The van der Waals surface area contributed by atoms with E-state index in [-0.39, 0.29) is 80.6 Å². The fraction of sp³-hybridized carbons (Fsp3) is 0.299. The van der Waals surface area contributed by atoms with Crippen LogP contribution in [0.2, 0.25) is 5.15 Å². The summed E-state index contributed by atoms with van der Waals surface area (Å²) >= 11 is 10.5. The average molecular weight is 1750 g/mol. The smallest absolute Gasteiger partial charge is 0.338 e. The van der Waals surface area contributed by atoms with Gasteiger partial charge in [0.2, 0.25) is 11.9 Å². The summed E-state index contributed by atoms with van der Waals surface area (Å²) in [6.07, 6.45) is 6.10. The third kappa shape index (κ3) is 30.9. The van der Waals surface area contributed by atoms with E-state index in [1.54, 1.807) is 32.0 Å². The lowest BCUT2D eigenvalue weighted by Gasteiger charge is -2.27. The van der Waals surface area contributed by atoms with Gasteiger partial charge in [0.15, 0.2) is 5.78 Å². The van der Waals surface area contributed by atoms with Crippen molar-refractivity contribution >= 4 is 143 Å². The van der Waals surface area contributed by atoms with E-state index in [0.717, 1.165) is 158 Å². The molecule has 0 radical (unpaired) electrons. The van der Waals surface area contributed by atoms with E-state index in [4.69, 9.17) is 58.0 Å². The van der Waals surface area contributed by atoms with Crippen LogP contribution in [-0.2, 0) is 28.3 Å². The number of nitrogens with zero attached hydrogens (tertiary/aromatic N) is 19. The van der Waals surface area contributed by atoms with Gasteiger partial charge in [-0.3, -0.25) is 56.2 Å². The Morgan fingerprint density at radius 3 is 1.23 bits per heavy atom. The van der Waals surface area contributed by atoms with Gasteiger partial charge in [-0.2, -0.15) is 45.8 Å². The van der Waals surface area contributed by atoms with Gasteiger partial charge in [-0.05, 0) is 124 Å². The van der Waals surface area contributed by atoms with Crippen molar-refractivity contribution in [2.75, 3.05) is 86.6 Å². The molecule has 0 unspecified atom stereocenters. The molecular formula is C87H112ClN25O11S. The maximum absolute atomic E-state index is 11.1.